The number of hydrogen-bond acceptors (Lipinski definition) is 7. The number of piperazine rings is 1. The highest BCUT2D eigenvalue weighted by Gasteiger charge is 2.35. The zero-order chi connectivity index (χ0) is 25.3. The van der Waals surface area contributed by atoms with Crippen molar-refractivity contribution in [3.63, 3.8) is 0 Å². The second-order valence-electron chi connectivity index (χ2n) is 9.27. The lowest BCUT2D eigenvalue weighted by molar-refractivity contribution is 0.0742. The Hall–Kier alpha value is -3.14. The predicted octanol–water partition coefficient (Wildman–Crippen LogP) is 3.19. The van der Waals surface area contributed by atoms with Crippen LogP contribution in [0.5, 0.6) is 0 Å². The first-order valence-electron chi connectivity index (χ1n) is 11.9. The molecule has 35 heavy (non-hydrogen) atoms. The van der Waals surface area contributed by atoms with Gasteiger partial charge in [0.2, 0.25) is 0 Å². The van der Waals surface area contributed by atoms with Crippen LogP contribution in [0.25, 0.3) is 0 Å². The number of hydrogen-bond donors (Lipinski definition) is 0. The molecule has 3 heterocycles. The number of rotatable bonds is 6. The van der Waals surface area contributed by atoms with E-state index in [9.17, 15) is 18.0 Å². The van der Waals surface area contributed by atoms with E-state index in [1.54, 1.807) is 11.0 Å². The molecule has 1 aromatic carbocycles. The second-order valence-corrected chi connectivity index (χ2v) is 11.3. The predicted molar refractivity (Wildman–Crippen MR) is 134 cm³/mol. The number of cyclic esters (lactones) is 1. The van der Waals surface area contributed by atoms with E-state index >= 15 is 0 Å². The van der Waals surface area contributed by atoms with Crippen molar-refractivity contribution in [3.8, 4) is 0 Å². The third-order valence-electron chi connectivity index (χ3n) is 6.51. The number of ether oxygens (including phenoxy) is 1. The van der Waals surface area contributed by atoms with Crippen LogP contribution in [0.2, 0.25) is 0 Å². The lowest BCUT2D eigenvalue weighted by Crippen LogP contribution is -2.49. The van der Waals surface area contributed by atoms with Crippen LogP contribution in [0.3, 0.4) is 0 Å². The van der Waals surface area contributed by atoms with E-state index in [1.165, 1.54) is 17.0 Å². The average Bonchev–Trinajstić information content (AvgIpc) is 3.18. The molecule has 0 aliphatic carbocycles. The largest absolute Gasteiger partial charge is 0.447 e. The fourth-order valence-corrected chi connectivity index (χ4v) is 5.69. The van der Waals surface area contributed by atoms with Crippen LogP contribution >= 0.6 is 0 Å². The molecule has 2 fully saturated rings. The highest BCUT2D eigenvalue weighted by molar-refractivity contribution is 7.90. The first-order chi connectivity index (χ1) is 16.6. The van der Waals surface area contributed by atoms with Crippen LogP contribution in [-0.2, 0) is 14.6 Å². The Morgan fingerprint density at radius 3 is 2.49 bits per heavy atom. The minimum absolute atomic E-state index is 0.0755. The minimum Gasteiger partial charge on any atom is -0.447 e. The Labute approximate surface area is 206 Å². The molecule has 4 rings (SSSR count). The van der Waals surface area contributed by atoms with Crippen LogP contribution < -0.4 is 9.80 Å². The number of aryl methyl sites for hydroxylation is 2. The topological polar surface area (TPSA) is 100 Å². The van der Waals surface area contributed by atoms with Crippen molar-refractivity contribution in [2.75, 3.05) is 48.8 Å². The van der Waals surface area contributed by atoms with Crippen molar-refractivity contribution in [2.24, 2.45) is 0 Å². The smallest absolute Gasteiger partial charge is 0.414 e. The quantitative estimate of drug-likeness (QED) is 0.600. The number of anilines is 2. The molecule has 2 aliphatic heterocycles. The lowest BCUT2D eigenvalue weighted by atomic mass is 10.1. The maximum absolute atomic E-state index is 13.4. The number of nitrogens with zero attached hydrogens (tertiary/aromatic N) is 4. The van der Waals surface area contributed by atoms with Gasteiger partial charge in [-0.3, -0.25) is 9.69 Å². The van der Waals surface area contributed by atoms with Gasteiger partial charge in [-0.25, -0.2) is 18.2 Å². The van der Waals surface area contributed by atoms with E-state index in [1.807, 2.05) is 27.0 Å². The fourth-order valence-electron chi connectivity index (χ4n) is 4.80. The molecular formula is C25H32N4O5S. The molecule has 10 heteroatoms. The van der Waals surface area contributed by atoms with Gasteiger partial charge in [0, 0.05) is 44.3 Å². The van der Waals surface area contributed by atoms with E-state index < -0.39 is 15.9 Å². The molecule has 2 aliphatic rings. The van der Waals surface area contributed by atoms with Gasteiger partial charge in [-0.1, -0.05) is 19.4 Å². The summed E-state index contributed by atoms with van der Waals surface area (Å²) in [5.74, 6) is 0.572. The zero-order valence-corrected chi connectivity index (χ0v) is 21.5. The fraction of sp³-hybridized carbons (Fsp3) is 0.480. The molecular weight excluding hydrogens is 468 g/mol. The molecule has 2 saturated heterocycles. The summed E-state index contributed by atoms with van der Waals surface area (Å²) in [7, 11) is -3.73. The maximum atomic E-state index is 13.4. The summed E-state index contributed by atoms with van der Waals surface area (Å²) in [4.78, 5) is 35.5. The Morgan fingerprint density at radius 1 is 1.14 bits per heavy atom. The van der Waals surface area contributed by atoms with Crippen LogP contribution in [0.15, 0.2) is 35.4 Å². The molecule has 0 bridgehead atoms. The summed E-state index contributed by atoms with van der Waals surface area (Å²) in [6, 6.07) is 6.50. The normalized spacial score (nSPS) is 18.7. The number of benzene rings is 1. The van der Waals surface area contributed by atoms with E-state index in [0.29, 0.717) is 31.9 Å². The summed E-state index contributed by atoms with van der Waals surface area (Å²) >= 11 is 0. The Kier molecular flexibility index (Phi) is 7.02. The van der Waals surface area contributed by atoms with E-state index in [2.05, 4.69) is 16.0 Å². The second kappa shape index (κ2) is 9.85. The molecule has 0 saturated carbocycles. The van der Waals surface area contributed by atoms with E-state index in [4.69, 9.17) is 4.74 Å². The van der Waals surface area contributed by atoms with Crippen LogP contribution in [0.1, 0.15) is 41.3 Å². The number of pyridine rings is 1. The third kappa shape index (κ3) is 5.12. The molecule has 9 nitrogen and oxygen atoms in total. The van der Waals surface area contributed by atoms with E-state index in [0.717, 1.165) is 36.0 Å². The van der Waals surface area contributed by atoms with Gasteiger partial charge in [-0.15, -0.1) is 0 Å². The van der Waals surface area contributed by atoms with Crippen molar-refractivity contribution in [1.82, 2.24) is 9.88 Å². The molecule has 1 aromatic heterocycles. The van der Waals surface area contributed by atoms with Crippen molar-refractivity contribution >= 4 is 33.3 Å². The number of carbonyl (C=O) groups is 2. The number of carbonyl (C=O) groups excluding carboxylic acids is 2. The molecule has 188 valence electrons. The van der Waals surface area contributed by atoms with Gasteiger partial charge in [0.1, 0.15) is 12.4 Å². The molecule has 0 N–H and O–H groups in total. The average molecular weight is 501 g/mol. The molecule has 2 amide bonds. The third-order valence-corrected chi connectivity index (χ3v) is 7.65. The molecule has 2 aromatic rings. The van der Waals surface area contributed by atoms with Gasteiger partial charge in [0.05, 0.1) is 16.5 Å². The van der Waals surface area contributed by atoms with Crippen molar-refractivity contribution < 1.29 is 22.7 Å². The monoisotopic (exact) mass is 500 g/mol. The van der Waals surface area contributed by atoms with Crippen LogP contribution in [-0.4, -0.2) is 75.4 Å². The molecule has 0 spiro atoms. The standard InChI is InChI=1S/C25H32N4O5S/c1-5-6-20-16-34-25(31)29(20)19-7-8-21(22(14-19)35(4,32)33)24(30)28-11-9-27(10-12-28)23-18(3)13-17(2)15-26-23/h7-8,13-15,20H,5-6,9-12,16H2,1-4H3/t20-/m1/s1. The first kappa shape index (κ1) is 25.0. The van der Waals surface area contributed by atoms with Gasteiger partial charge < -0.3 is 14.5 Å². The van der Waals surface area contributed by atoms with Gasteiger partial charge in [0.15, 0.2) is 9.84 Å². The Balaban J connectivity index is 1.56. The SMILES string of the molecule is CCC[C@@H]1COC(=O)N1c1ccc(C(=O)N2CCN(c3ncc(C)cc3C)CC2)c(S(C)(=O)=O)c1. The summed E-state index contributed by atoms with van der Waals surface area (Å²) in [6.07, 6.45) is 4.01. The summed E-state index contributed by atoms with van der Waals surface area (Å²) in [5.41, 5.74) is 2.73. The highest BCUT2D eigenvalue weighted by Crippen LogP contribution is 2.30. The van der Waals surface area contributed by atoms with Gasteiger partial charge >= 0.3 is 6.09 Å². The Morgan fingerprint density at radius 2 is 1.86 bits per heavy atom. The first-order valence-corrected chi connectivity index (χ1v) is 13.8. The molecule has 0 unspecified atom stereocenters. The number of amides is 2. The van der Waals surface area contributed by atoms with Crippen LogP contribution in [0, 0.1) is 13.8 Å². The van der Waals surface area contributed by atoms with Crippen molar-refractivity contribution in [3.05, 3.63) is 47.2 Å². The molecule has 1 atom stereocenters. The molecule has 0 radical (unpaired) electrons. The highest BCUT2D eigenvalue weighted by atomic mass is 32.2. The summed E-state index contributed by atoms with van der Waals surface area (Å²) in [5, 5.41) is 0. The van der Waals surface area contributed by atoms with Gasteiger partial charge in [0.25, 0.3) is 5.91 Å². The number of aromatic nitrogens is 1. The Bertz CT molecular complexity index is 1240. The van der Waals surface area contributed by atoms with E-state index in [-0.39, 0.29) is 29.0 Å². The van der Waals surface area contributed by atoms with Gasteiger partial charge in [-0.05, 0) is 49.6 Å². The van der Waals surface area contributed by atoms with Gasteiger partial charge in [-0.2, -0.15) is 0 Å². The summed E-state index contributed by atoms with van der Waals surface area (Å²) < 4.78 is 30.6. The number of sulfone groups is 1. The van der Waals surface area contributed by atoms with Crippen molar-refractivity contribution in [2.45, 2.75) is 44.6 Å². The lowest BCUT2D eigenvalue weighted by Gasteiger charge is -2.36. The zero-order valence-electron chi connectivity index (χ0n) is 20.7. The minimum atomic E-state index is -3.73. The van der Waals surface area contributed by atoms with Crippen molar-refractivity contribution in [1.29, 1.82) is 0 Å². The maximum Gasteiger partial charge on any atom is 0.414 e. The van der Waals surface area contributed by atoms with Crippen LogP contribution in [0.4, 0.5) is 16.3 Å². The summed E-state index contributed by atoms with van der Waals surface area (Å²) in [6.45, 7) is 8.42.